The second-order valence-corrected chi connectivity index (χ2v) is 8.26. The average molecular weight is 414 g/mol. The summed E-state index contributed by atoms with van der Waals surface area (Å²) in [6.07, 6.45) is 0.143. The van der Waals surface area contributed by atoms with Crippen molar-refractivity contribution >= 4 is 44.9 Å². The number of nitrogens with zero attached hydrogens (tertiary/aromatic N) is 3. The van der Waals surface area contributed by atoms with Gasteiger partial charge in [-0.25, -0.2) is 14.8 Å². The van der Waals surface area contributed by atoms with Crippen LogP contribution in [-0.4, -0.2) is 35.0 Å². The van der Waals surface area contributed by atoms with Crippen molar-refractivity contribution in [2.75, 3.05) is 23.3 Å². The molecule has 3 heterocycles. The summed E-state index contributed by atoms with van der Waals surface area (Å²) in [6, 6.07) is 6.06. The van der Waals surface area contributed by atoms with Gasteiger partial charge >= 0.3 is 6.03 Å². The number of carbonyl (C=O) groups is 2. The number of anilines is 2. The van der Waals surface area contributed by atoms with Gasteiger partial charge in [-0.05, 0) is 31.0 Å². The molecule has 0 aliphatic carbocycles. The van der Waals surface area contributed by atoms with E-state index in [0.717, 1.165) is 11.3 Å². The molecule has 1 aliphatic rings. The molecule has 2 aromatic heterocycles. The summed E-state index contributed by atoms with van der Waals surface area (Å²) >= 11 is 2.76. The predicted molar refractivity (Wildman–Crippen MR) is 112 cm³/mol. The Kier molecular flexibility index (Phi) is 5.10. The van der Waals surface area contributed by atoms with Crippen LogP contribution in [0.1, 0.15) is 16.8 Å². The normalized spacial score (nSPS) is 13.6. The van der Waals surface area contributed by atoms with E-state index in [1.165, 1.54) is 33.8 Å². The number of rotatable bonds is 5. The highest BCUT2D eigenvalue weighted by molar-refractivity contribution is 7.14. The van der Waals surface area contributed by atoms with Gasteiger partial charge in [-0.15, -0.1) is 22.7 Å². The second-order valence-electron chi connectivity index (χ2n) is 6.57. The maximum absolute atomic E-state index is 12.3. The summed E-state index contributed by atoms with van der Waals surface area (Å²) in [5, 5.41) is 10.5. The molecule has 7 nitrogen and oxygen atoms in total. The van der Waals surface area contributed by atoms with E-state index in [2.05, 4.69) is 46.6 Å². The third-order valence-electron chi connectivity index (χ3n) is 4.52. The molecular weight excluding hydrogens is 394 g/mol. The van der Waals surface area contributed by atoms with E-state index in [0.29, 0.717) is 29.0 Å². The highest BCUT2D eigenvalue weighted by Gasteiger charge is 2.24. The van der Waals surface area contributed by atoms with E-state index in [1.807, 2.05) is 16.8 Å². The Morgan fingerprint density at radius 1 is 1.21 bits per heavy atom. The van der Waals surface area contributed by atoms with Gasteiger partial charge in [0.15, 0.2) is 10.3 Å². The molecule has 28 heavy (non-hydrogen) atoms. The van der Waals surface area contributed by atoms with E-state index in [4.69, 9.17) is 0 Å². The van der Waals surface area contributed by atoms with E-state index in [1.54, 1.807) is 4.90 Å². The Labute approximate surface area is 170 Å². The van der Waals surface area contributed by atoms with Crippen molar-refractivity contribution in [1.29, 1.82) is 0 Å². The molecule has 3 aromatic rings. The predicted octanol–water partition coefficient (Wildman–Crippen LogP) is 3.59. The van der Waals surface area contributed by atoms with Crippen molar-refractivity contribution in [3.8, 4) is 11.3 Å². The molecular formula is C19H19N5O2S2. The molecule has 9 heteroatoms. The van der Waals surface area contributed by atoms with Crippen molar-refractivity contribution in [3.63, 3.8) is 0 Å². The molecule has 0 bridgehead atoms. The van der Waals surface area contributed by atoms with Crippen molar-refractivity contribution in [2.24, 2.45) is 0 Å². The zero-order valence-corrected chi connectivity index (χ0v) is 17.1. The first-order chi connectivity index (χ1) is 13.5. The van der Waals surface area contributed by atoms with Gasteiger partial charge in [-0.1, -0.05) is 12.1 Å². The average Bonchev–Trinajstić information content (AvgIpc) is 3.39. The van der Waals surface area contributed by atoms with Gasteiger partial charge in [0.2, 0.25) is 5.91 Å². The number of urea groups is 1. The zero-order chi connectivity index (χ0) is 19.7. The number of amides is 3. The topological polar surface area (TPSA) is 87.2 Å². The molecule has 144 valence electrons. The van der Waals surface area contributed by atoms with Crippen LogP contribution in [0, 0.1) is 13.8 Å². The maximum atomic E-state index is 12.3. The fraction of sp³-hybridized carbons (Fsp3) is 0.263. The summed E-state index contributed by atoms with van der Waals surface area (Å²) in [7, 11) is 0. The summed E-state index contributed by atoms with van der Waals surface area (Å²) in [5.41, 5.74) is 4.97. The Morgan fingerprint density at radius 2 is 2.07 bits per heavy atom. The van der Waals surface area contributed by atoms with E-state index in [-0.39, 0.29) is 18.4 Å². The third-order valence-corrected chi connectivity index (χ3v) is 6.19. The monoisotopic (exact) mass is 413 g/mol. The van der Waals surface area contributed by atoms with Crippen LogP contribution in [0.25, 0.3) is 11.3 Å². The fourth-order valence-electron chi connectivity index (χ4n) is 2.85. The summed E-state index contributed by atoms with van der Waals surface area (Å²) in [4.78, 5) is 34.6. The Bertz CT molecular complexity index is 1040. The Balaban J connectivity index is 1.39. The summed E-state index contributed by atoms with van der Waals surface area (Å²) < 4.78 is 0. The van der Waals surface area contributed by atoms with Crippen LogP contribution in [0.2, 0.25) is 0 Å². The van der Waals surface area contributed by atoms with Crippen LogP contribution in [-0.2, 0) is 11.2 Å². The molecule has 1 aliphatic heterocycles. The summed E-state index contributed by atoms with van der Waals surface area (Å²) in [5.74, 6) is -0.177. The lowest BCUT2D eigenvalue weighted by Crippen LogP contribution is -2.27. The van der Waals surface area contributed by atoms with Gasteiger partial charge in [0.1, 0.15) is 0 Å². The van der Waals surface area contributed by atoms with Gasteiger partial charge in [0, 0.05) is 29.4 Å². The van der Waals surface area contributed by atoms with Crippen molar-refractivity contribution in [2.45, 2.75) is 20.3 Å². The first-order valence-corrected chi connectivity index (χ1v) is 10.6. The largest absolute Gasteiger partial charge is 0.336 e. The molecule has 2 N–H and O–H groups in total. The van der Waals surface area contributed by atoms with Crippen LogP contribution in [0.5, 0.6) is 0 Å². The van der Waals surface area contributed by atoms with Gasteiger partial charge < -0.3 is 10.6 Å². The molecule has 4 rings (SSSR count). The number of carbonyl (C=O) groups excluding carboxylic acids is 2. The van der Waals surface area contributed by atoms with E-state index >= 15 is 0 Å². The number of benzene rings is 1. The van der Waals surface area contributed by atoms with Crippen molar-refractivity contribution < 1.29 is 9.59 Å². The lowest BCUT2D eigenvalue weighted by atomic mass is 10.1. The van der Waals surface area contributed by atoms with Crippen molar-refractivity contribution in [1.82, 2.24) is 15.3 Å². The molecule has 0 atom stereocenters. The highest BCUT2D eigenvalue weighted by Crippen LogP contribution is 2.27. The number of hydrogen-bond acceptors (Lipinski definition) is 6. The van der Waals surface area contributed by atoms with Gasteiger partial charge in [-0.2, -0.15) is 0 Å². The van der Waals surface area contributed by atoms with Crippen LogP contribution in [0.3, 0.4) is 0 Å². The lowest BCUT2D eigenvalue weighted by molar-refractivity contribution is -0.115. The van der Waals surface area contributed by atoms with Crippen LogP contribution in [0.15, 0.2) is 29.0 Å². The maximum Gasteiger partial charge on any atom is 0.323 e. The Morgan fingerprint density at radius 3 is 2.82 bits per heavy atom. The van der Waals surface area contributed by atoms with Crippen LogP contribution >= 0.6 is 22.7 Å². The van der Waals surface area contributed by atoms with Crippen LogP contribution in [0.4, 0.5) is 15.1 Å². The molecule has 3 amide bonds. The fourth-order valence-corrected chi connectivity index (χ4v) is 4.43. The first-order valence-electron chi connectivity index (χ1n) is 8.82. The van der Waals surface area contributed by atoms with Crippen LogP contribution < -0.4 is 15.5 Å². The molecule has 0 unspecified atom stereocenters. The summed E-state index contributed by atoms with van der Waals surface area (Å²) in [6.45, 7) is 5.35. The molecule has 0 spiro atoms. The van der Waals surface area contributed by atoms with E-state index < -0.39 is 0 Å². The smallest absolute Gasteiger partial charge is 0.323 e. The molecule has 0 radical (unpaired) electrons. The number of nitrogens with one attached hydrogen (secondary N) is 2. The van der Waals surface area contributed by atoms with Gasteiger partial charge in [0.25, 0.3) is 0 Å². The molecule has 1 saturated heterocycles. The lowest BCUT2D eigenvalue weighted by Gasteiger charge is -2.08. The minimum absolute atomic E-state index is 0.143. The quantitative estimate of drug-likeness (QED) is 0.669. The van der Waals surface area contributed by atoms with E-state index in [9.17, 15) is 9.59 Å². The minimum atomic E-state index is -0.177. The number of thiazole rings is 2. The molecule has 1 fully saturated rings. The number of aromatic nitrogens is 2. The van der Waals surface area contributed by atoms with Gasteiger partial charge in [-0.3, -0.25) is 9.69 Å². The molecule has 0 saturated carbocycles. The molecule has 1 aromatic carbocycles. The van der Waals surface area contributed by atoms with Crippen molar-refractivity contribution in [3.05, 3.63) is 45.8 Å². The SMILES string of the molecule is Cc1ccc(-c2csc(NC(=O)Cc3csc(N4CCNC4=O)n3)n2)cc1C. The minimum Gasteiger partial charge on any atom is -0.336 e. The number of hydrogen-bond donors (Lipinski definition) is 2. The standard InChI is InChI=1S/C19H19N5O2S2/c1-11-3-4-13(7-12(11)2)15-10-27-17(22-15)23-16(25)8-14-9-28-19(21-14)24-6-5-20-18(24)26/h3-4,7,9-10H,5-6,8H2,1-2H3,(H,20,26)(H,22,23,25). The Hall–Kier alpha value is -2.78. The first kappa shape index (κ1) is 18.6. The third kappa shape index (κ3) is 3.90. The highest BCUT2D eigenvalue weighted by atomic mass is 32.1. The number of aryl methyl sites for hydroxylation is 2. The van der Waals surface area contributed by atoms with Gasteiger partial charge in [0.05, 0.1) is 17.8 Å². The second kappa shape index (κ2) is 7.69. The zero-order valence-electron chi connectivity index (χ0n) is 15.5.